The van der Waals surface area contributed by atoms with Crippen molar-refractivity contribution in [2.24, 2.45) is 5.92 Å². The maximum atomic E-state index is 11.1. The van der Waals surface area contributed by atoms with Gasteiger partial charge in [-0.05, 0) is 12.8 Å². The van der Waals surface area contributed by atoms with Crippen LogP contribution in [0, 0.1) is 5.92 Å². The van der Waals surface area contributed by atoms with Crippen molar-refractivity contribution in [3.63, 3.8) is 0 Å². The first-order valence-corrected chi connectivity index (χ1v) is 5.80. The largest absolute Gasteiger partial charge is 0.461 e. The molecule has 92 valence electrons. The van der Waals surface area contributed by atoms with Crippen LogP contribution >= 0.6 is 0 Å². The molecule has 0 bridgehead atoms. The van der Waals surface area contributed by atoms with Crippen LogP contribution in [0.4, 0.5) is 0 Å². The third-order valence-corrected chi connectivity index (χ3v) is 2.52. The predicted octanol–water partition coefficient (Wildman–Crippen LogP) is 1.42. The van der Waals surface area contributed by atoms with Gasteiger partial charge in [0.05, 0.1) is 6.61 Å². The molecule has 0 saturated carbocycles. The molecular weight excluding hydrogens is 206 g/mol. The van der Waals surface area contributed by atoms with E-state index in [1.54, 1.807) is 13.0 Å². The lowest BCUT2D eigenvalue weighted by molar-refractivity contribution is -0.138. The zero-order chi connectivity index (χ0) is 12.0. The van der Waals surface area contributed by atoms with Crippen LogP contribution in [0.5, 0.6) is 0 Å². The maximum Gasteiger partial charge on any atom is 0.330 e. The highest BCUT2D eigenvalue weighted by molar-refractivity contribution is 5.81. The zero-order valence-corrected chi connectivity index (χ0v) is 10.3. The molecule has 1 aliphatic rings. The van der Waals surface area contributed by atoms with Crippen molar-refractivity contribution in [1.82, 2.24) is 4.90 Å². The number of hydrogen-bond acceptors (Lipinski definition) is 4. The number of allylic oxidation sites excluding steroid dienone is 1. The molecule has 4 heteroatoms. The molecule has 0 radical (unpaired) electrons. The Balaban J connectivity index is 2.24. The first-order chi connectivity index (χ1) is 7.65. The molecule has 0 amide bonds. The van der Waals surface area contributed by atoms with E-state index < -0.39 is 0 Å². The van der Waals surface area contributed by atoms with E-state index in [4.69, 9.17) is 9.47 Å². The van der Waals surface area contributed by atoms with Crippen LogP contribution in [-0.2, 0) is 14.3 Å². The Bertz CT molecular complexity index is 251. The van der Waals surface area contributed by atoms with Crippen LogP contribution in [0.1, 0.15) is 20.8 Å². The van der Waals surface area contributed by atoms with Crippen molar-refractivity contribution in [2.45, 2.75) is 27.0 Å². The molecule has 1 heterocycles. The number of rotatable bonds is 5. The Morgan fingerprint density at radius 1 is 1.62 bits per heavy atom. The standard InChI is InChI=1S/C12H21NO3/c1-4-5-11(14)15-8-6-13-7-9-16-12(13)10(2)3/h4-5,10,12H,6-9H2,1-3H3/b5-4+. The smallest absolute Gasteiger partial charge is 0.330 e. The SMILES string of the molecule is C/C=C/C(=O)OCCN1CCOC1C(C)C. The van der Waals surface area contributed by atoms with Gasteiger partial charge in [0.1, 0.15) is 12.8 Å². The van der Waals surface area contributed by atoms with Crippen molar-refractivity contribution in [2.75, 3.05) is 26.3 Å². The number of nitrogens with zero attached hydrogens (tertiary/aromatic N) is 1. The normalized spacial score (nSPS) is 22.1. The first-order valence-electron chi connectivity index (χ1n) is 5.80. The third-order valence-electron chi connectivity index (χ3n) is 2.52. The predicted molar refractivity (Wildman–Crippen MR) is 61.9 cm³/mol. The summed E-state index contributed by atoms with van der Waals surface area (Å²) in [4.78, 5) is 13.3. The molecule has 1 atom stereocenters. The lowest BCUT2D eigenvalue weighted by atomic mass is 10.2. The molecular formula is C12H21NO3. The zero-order valence-electron chi connectivity index (χ0n) is 10.3. The highest BCUT2D eigenvalue weighted by Crippen LogP contribution is 2.17. The summed E-state index contributed by atoms with van der Waals surface area (Å²) in [5.74, 6) is 0.192. The molecule has 4 nitrogen and oxygen atoms in total. The summed E-state index contributed by atoms with van der Waals surface area (Å²) in [5.41, 5.74) is 0. The molecule has 0 N–H and O–H groups in total. The molecule has 0 aromatic heterocycles. The number of carbonyl (C=O) groups is 1. The van der Waals surface area contributed by atoms with E-state index in [2.05, 4.69) is 18.7 Å². The summed E-state index contributed by atoms with van der Waals surface area (Å²) >= 11 is 0. The summed E-state index contributed by atoms with van der Waals surface area (Å²) in [6, 6.07) is 0. The van der Waals surface area contributed by atoms with Gasteiger partial charge in [0.15, 0.2) is 0 Å². The Morgan fingerprint density at radius 2 is 2.38 bits per heavy atom. The summed E-state index contributed by atoms with van der Waals surface area (Å²) in [6.45, 7) is 8.92. The van der Waals surface area contributed by atoms with Crippen molar-refractivity contribution >= 4 is 5.97 Å². The van der Waals surface area contributed by atoms with Gasteiger partial charge in [-0.3, -0.25) is 4.90 Å². The molecule has 1 aliphatic heterocycles. The Hall–Kier alpha value is -0.870. The molecule has 1 saturated heterocycles. The average molecular weight is 227 g/mol. The van der Waals surface area contributed by atoms with Gasteiger partial charge in [0.25, 0.3) is 0 Å². The van der Waals surface area contributed by atoms with E-state index >= 15 is 0 Å². The first kappa shape index (κ1) is 13.2. The highest BCUT2D eigenvalue weighted by Gasteiger charge is 2.27. The molecule has 0 aromatic carbocycles. The second-order valence-corrected chi connectivity index (χ2v) is 4.21. The lowest BCUT2D eigenvalue weighted by Crippen LogP contribution is -2.36. The fraction of sp³-hybridized carbons (Fsp3) is 0.750. The van der Waals surface area contributed by atoms with Crippen LogP contribution in [0.3, 0.4) is 0 Å². The third kappa shape index (κ3) is 3.94. The van der Waals surface area contributed by atoms with Gasteiger partial charge in [0.2, 0.25) is 0 Å². The summed E-state index contributed by atoms with van der Waals surface area (Å²) in [6.07, 6.45) is 3.28. The van der Waals surface area contributed by atoms with E-state index in [0.717, 1.165) is 19.7 Å². The van der Waals surface area contributed by atoms with Crippen molar-refractivity contribution in [1.29, 1.82) is 0 Å². The van der Waals surface area contributed by atoms with Crippen molar-refractivity contribution in [3.05, 3.63) is 12.2 Å². The van der Waals surface area contributed by atoms with E-state index in [-0.39, 0.29) is 12.2 Å². The van der Waals surface area contributed by atoms with Crippen molar-refractivity contribution < 1.29 is 14.3 Å². The molecule has 16 heavy (non-hydrogen) atoms. The van der Waals surface area contributed by atoms with Gasteiger partial charge < -0.3 is 9.47 Å². The van der Waals surface area contributed by atoms with Crippen LogP contribution in [-0.4, -0.2) is 43.4 Å². The summed E-state index contributed by atoms with van der Waals surface area (Å²) in [7, 11) is 0. The number of carbonyl (C=O) groups excluding carboxylic acids is 1. The molecule has 1 unspecified atom stereocenters. The van der Waals surface area contributed by atoms with Gasteiger partial charge in [0, 0.05) is 19.2 Å². The minimum absolute atomic E-state index is 0.167. The molecule has 0 aliphatic carbocycles. The fourth-order valence-electron chi connectivity index (χ4n) is 1.82. The van der Waals surface area contributed by atoms with Gasteiger partial charge >= 0.3 is 5.97 Å². The number of hydrogen-bond donors (Lipinski definition) is 0. The van der Waals surface area contributed by atoms with Gasteiger partial charge in [-0.1, -0.05) is 19.9 Å². The monoisotopic (exact) mass is 227 g/mol. The Kier molecular flexibility index (Phi) is 5.49. The number of ether oxygens (including phenoxy) is 2. The molecule has 0 spiro atoms. The van der Waals surface area contributed by atoms with Crippen molar-refractivity contribution in [3.8, 4) is 0 Å². The quantitative estimate of drug-likeness (QED) is 0.526. The maximum absolute atomic E-state index is 11.1. The average Bonchev–Trinajstić information content (AvgIpc) is 2.66. The molecule has 1 fully saturated rings. The van der Waals surface area contributed by atoms with Crippen LogP contribution in [0.25, 0.3) is 0 Å². The lowest BCUT2D eigenvalue weighted by Gasteiger charge is -2.25. The Labute approximate surface area is 97.2 Å². The summed E-state index contributed by atoms with van der Waals surface area (Å²) < 4.78 is 10.7. The van der Waals surface area contributed by atoms with Crippen LogP contribution in [0.15, 0.2) is 12.2 Å². The second-order valence-electron chi connectivity index (χ2n) is 4.21. The summed E-state index contributed by atoms with van der Waals surface area (Å²) in [5, 5.41) is 0. The fourth-order valence-corrected chi connectivity index (χ4v) is 1.82. The van der Waals surface area contributed by atoms with E-state index in [9.17, 15) is 4.79 Å². The van der Waals surface area contributed by atoms with Crippen LogP contribution < -0.4 is 0 Å². The van der Waals surface area contributed by atoms with Gasteiger partial charge in [-0.15, -0.1) is 0 Å². The van der Waals surface area contributed by atoms with E-state index in [0.29, 0.717) is 12.5 Å². The van der Waals surface area contributed by atoms with Crippen LogP contribution in [0.2, 0.25) is 0 Å². The molecule has 0 aromatic rings. The highest BCUT2D eigenvalue weighted by atomic mass is 16.5. The van der Waals surface area contributed by atoms with E-state index in [1.165, 1.54) is 6.08 Å². The number of esters is 1. The topological polar surface area (TPSA) is 38.8 Å². The minimum Gasteiger partial charge on any atom is -0.461 e. The minimum atomic E-state index is -0.274. The second kappa shape index (κ2) is 6.66. The molecule has 1 rings (SSSR count). The van der Waals surface area contributed by atoms with E-state index in [1.807, 2.05) is 0 Å². The van der Waals surface area contributed by atoms with Gasteiger partial charge in [-0.2, -0.15) is 0 Å². The van der Waals surface area contributed by atoms with Gasteiger partial charge in [-0.25, -0.2) is 4.79 Å². The Morgan fingerprint density at radius 3 is 3.00 bits per heavy atom.